The van der Waals surface area contributed by atoms with Crippen molar-refractivity contribution in [3.63, 3.8) is 0 Å². The summed E-state index contributed by atoms with van der Waals surface area (Å²) in [7, 11) is 0. The molecule has 0 atom stereocenters. The fraction of sp³-hybridized carbons (Fsp3) is 0.286. The number of benzene rings is 1. The number of aryl methyl sites for hydroxylation is 2. The molecule has 2 rings (SSSR count). The van der Waals surface area contributed by atoms with Gasteiger partial charge in [0.2, 0.25) is 0 Å². The summed E-state index contributed by atoms with van der Waals surface area (Å²) in [5, 5.41) is 0. The Kier molecular flexibility index (Phi) is 4.50. The summed E-state index contributed by atoms with van der Waals surface area (Å²) in [6.07, 6.45) is 1.95. The second kappa shape index (κ2) is 6.12. The Labute approximate surface area is 121 Å². The van der Waals surface area contributed by atoms with Crippen molar-refractivity contribution in [2.75, 3.05) is 5.43 Å². The Hall–Kier alpha value is -1.46. The molecule has 0 unspecified atom stereocenters. The molecule has 0 amide bonds. The maximum absolute atomic E-state index is 5.47. The Morgan fingerprint density at radius 3 is 2.68 bits per heavy atom. The molecule has 0 aliphatic heterocycles. The molecule has 0 fully saturated rings. The van der Waals surface area contributed by atoms with Gasteiger partial charge in [-0.05, 0) is 31.0 Å². The molecular weight excluding hydrogens is 304 g/mol. The minimum Gasteiger partial charge on any atom is -0.308 e. The molecular formula is C14H17BrN4. The number of hydrazine groups is 1. The van der Waals surface area contributed by atoms with Crippen LogP contribution in [0, 0.1) is 6.92 Å². The number of rotatable bonds is 4. The first kappa shape index (κ1) is 14.0. The van der Waals surface area contributed by atoms with E-state index in [4.69, 9.17) is 5.84 Å². The third-order valence-electron chi connectivity index (χ3n) is 2.80. The van der Waals surface area contributed by atoms with Crippen LogP contribution in [-0.2, 0) is 6.42 Å². The zero-order chi connectivity index (χ0) is 13.8. The van der Waals surface area contributed by atoms with Gasteiger partial charge in [-0.25, -0.2) is 15.8 Å². The van der Waals surface area contributed by atoms with Crippen molar-refractivity contribution in [3.05, 3.63) is 40.0 Å². The van der Waals surface area contributed by atoms with Crippen LogP contribution in [0.4, 0.5) is 5.82 Å². The molecule has 1 aromatic carbocycles. The van der Waals surface area contributed by atoms with Gasteiger partial charge in [-0.15, -0.1) is 0 Å². The highest BCUT2D eigenvalue weighted by Gasteiger charge is 2.09. The van der Waals surface area contributed by atoms with Gasteiger partial charge in [0.15, 0.2) is 5.82 Å². The molecule has 5 heteroatoms. The molecule has 0 saturated heterocycles. The Morgan fingerprint density at radius 2 is 2.05 bits per heavy atom. The Morgan fingerprint density at radius 1 is 1.26 bits per heavy atom. The van der Waals surface area contributed by atoms with Crippen molar-refractivity contribution in [1.82, 2.24) is 9.97 Å². The van der Waals surface area contributed by atoms with E-state index in [1.807, 2.05) is 18.2 Å². The summed E-state index contributed by atoms with van der Waals surface area (Å²) in [6.45, 7) is 4.18. The van der Waals surface area contributed by atoms with Crippen LogP contribution in [0.15, 0.2) is 28.7 Å². The van der Waals surface area contributed by atoms with E-state index < -0.39 is 0 Å². The largest absolute Gasteiger partial charge is 0.308 e. The predicted octanol–water partition coefficient (Wildman–Crippen LogP) is 3.45. The van der Waals surface area contributed by atoms with Gasteiger partial charge in [0.05, 0.1) is 0 Å². The summed E-state index contributed by atoms with van der Waals surface area (Å²) in [5.74, 6) is 6.80. The summed E-state index contributed by atoms with van der Waals surface area (Å²) >= 11 is 3.56. The molecule has 0 aliphatic rings. The fourth-order valence-corrected chi connectivity index (χ4v) is 2.55. The SMILES string of the molecule is CCCc1cc(NN)nc(-c2ccc(C)cc2Br)n1. The van der Waals surface area contributed by atoms with Gasteiger partial charge < -0.3 is 5.43 Å². The minimum absolute atomic E-state index is 0.640. The van der Waals surface area contributed by atoms with Crippen LogP contribution in [0.3, 0.4) is 0 Å². The number of nitrogen functional groups attached to an aromatic ring is 1. The van der Waals surface area contributed by atoms with Crippen molar-refractivity contribution in [2.45, 2.75) is 26.7 Å². The highest BCUT2D eigenvalue weighted by molar-refractivity contribution is 9.10. The van der Waals surface area contributed by atoms with E-state index in [1.54, 1.807) is 0 Å². The van der Waals surface area contributed by atoms with E-state index in [-0.39, 0.29) is 0 Å². The molecule has 2 aromatic rings. The van der Waals surface area contributed by atoms with Gasteiger partial charge in [-0.2, -0.15) is 0 Å². The summed E-state index contributed by atoms with van der Waals surface area (Å²) in [6, 6.07) is 8.01. The average Bonchev–Trinajstić information content (AvgIpc) is 2.38. The number of nitrogens with zero attached hydrogens (tertiary/aromatic N) is 2. The first-order chi connectivity index (χ1) is 9.13. The maximum atomic E-state index is 5.47. The van der Waals surface area contributed by atoms with Gasteiger partial charge >= 0.3 is 0 Å². The first-order valence-electron chi connectivity index (χ1n) is 6.25. The third-order valence-corrected chi connectivity index (χ3v) is 3.45. The lowest BCUT2D eigenvalue weighted by Gasteiger charge is -2.09. The van der Waals surface area contributed by atoms with E-state index in [1.165, 1.54) is 5.56 Å². The summed E-state index contributed by atoms with van der Waals surface area (Å²) in [4.78, 5) is 9.01. The lowest BCUT2D eigenvalue weighted by atomic mass is 10.1. The van der Waals surface area contributed by atoms with Crippen LogP contribution >= 0.6 is 15.9 Å². The van der Waals surface area contributed by atoms with E-state index in [9.17, 15) is 0 Å². The smallest absolute Gasteiger partial charge is 0.162 e. The molecule has 4 nitrogen and oxygen atoms in total. The number of nitrogens with two attached hydrogens (primary N) is 1. The predicted molar refractivity (Wildman–Crippen MR) is 81.7 cm³/mol. The third kappa shape index (κ3) is 3.30. The lowest BCUT2D eigenvalue weighted by molar-refractivity contribution is 0.875. The molecule has 19 heavy (non-hydrogen) atoms. The molecule has 100 valence electrons. The van der Waals surface area contributed by atoms with Crippen LogP contribution in [0.5, 0.6) is 0 Å². The standard InChI is InChI=1S/C14H17BrN4/c1-3-4-10-8-13(19-16)18-14(17-10)11-6-5-9(2)7-12(11)15/h5-8H,3-4,16H2,1-2H3,(H,17,18,19). The monoisotopic (exact) mass is 320 g/mol. The molecule has 0 radical (unpaired) electrons. The number of nitrogens with one attached hydrogen (secondary N) is 1. The summed E-state index contributed by atoms with van der Waals surface area (Å²) in [5.41, 5.74) is 5.76. The normalized spacial score (nSPS) is 10.5. The molecule has 3 N–H and O–H groups in total. The first-order valence-corrected chi connectivity index (χ1v) is 7.04. The second-order valence-corrected chi connectivity index (χ2v) is 5.30. The van der Waals surface area contributed by atoms with Crippen LogP contribution < -0.4 is 11.3 Å². The number of halogens is 1. The Bertz CT molecular complexity index is 584. The van der Waals surface area contributed by atoms with E-state index in [0.717, 1.165) is 28.6 Å². The summed E-state index contributed by atoms with van der Waals surface area (Å²) < 4.78 is 0.990. The molecule has 0 aliphatic carbocycles. The molecule has 0 bridgehead atoms. The number of anilines is 1. The Balaban J connectivity index is 2.51. The molecule has 0 saturated carbocycles. The van der Waals surface area contributed by atoms with Crippen molar-refractivity contribution in [1.29, 1.82) is 0 Å². The molecule has 1 heterocycles. The quantitative estimate of drug-likeness (QED) is 0.669. The number of hydrogen-bond donors (Lipinski definition) is 2. The van der Waals surface area contributed by atoms with Crippen molar-refractivity contribution in [2.24, 2.45) is 5.84 Å². The van der Waals surface area contributed by atoms with Crippen LogP contribution in [0.1, 0.15) is 24.6 Å². The molecule has 1 aromatic heterocycles. The maximum Gasteiger partial charge on any atom is 0.162 e. The van der Waals surface area contributed by atoms with Gasteiger partial charge in [0.25, 0.3) is 0 Å². The highest BCUT2D eigenvalue weighted by atomic mass is 79.9. The van der Waals surface area contributed by atoms with Gasteiger partial charge in [-0.3, -0.25) is 0 Å². The number of hydrogen-bond acceptors (Lipinski definition) is 4. The zero-order valence-corrected chi connectivity index (χ0v) is 12.7. The second-order valence-electron chi connectivity index (χ2n) is 4.45. The van der Waals surface area contributed by atoms with Gasteiger partial charge in [0.1, 0.15) is 5.82 Å². The van der Waals surface area contributed by atoms with Gasteiger partial charge in [0, 0.05) is 21.8 Å². The topological polar surface area (TPSA) is 63.8 Å². The zero-order valence-electron chi connectivity index (χ0n) is 11.1. The fourth-order valence-electron chi connectivity index (χ4n) is 1.88. The van der Waals surface area contributed by atoms with Crippen LogP contribution in [-0.4, -0.2) is 9.97 Å². The van der Waals surface area contributed by atoms with Gasteiger partial charge in [-0.1, -0.05) is 35.3 Å². The van der Waals surface area contributed by atoms with E-state index in [2.05, 4.69) is 51.2 Å². The van der Waals surface area contributed by atoms with Crippen molar-refractivity contribution >= 4 is 21.7 Å². The lowest BCUT2D eigenvalue weighted by Crippen LogP contribution is -2.10. The number of aromatic nitrogens is 2. The highest BCUT2D eigenvalue weighted by Crippen LogP contribution is 2.27. The van der Waals surface area contributed by atoms with Crippen molar-refractivity contribution < 1.29 is 0 Å². The van der Waals surface area contributed by atoms with Crippen LogP contribution in [0.25, 0.3) is 11.4 Å². The van der Waals surface area contributed by atoms with E-state index in [0.29, 0.717) is 11.6 Å². The van der Waals surface area contributed by atoms with E-state index >= 15 is 0 Å². The average molecular weight is 321 g/mol. The molecule has 0 spiro atoms. The minimum atomic E-state index is 0.640. The van der Waals surface area contributed by atoms with Crippen molar-refractivity contribution in [3.8, 4) is 11.4 Å². The van der Waals surface area contributed by atoms with Crippen LogP contribution in [0.2, 0.25) is 0 Å².